The first-order valence-electron chi connectivity index (χ1n) is 8.55. The third-order valence-electron chi connectivity index (χ3n) is 4.36. The molecule has 1 aliphatic heterocycles. The van der Waals surface area contributed by atoms with Gasteiger partial charge in [0.05, 0.1) is 29.7 Å². The van der Waals surface area contributed by atoms with E-state index in [-0.39, 0.29) is 18.3 Å². The van der Waals surface area contributed by atoms with Crippen molar-refractivity contribution in [2.75, 3.05) is 58.7 Å². The maximum absolute atomic E-state index is 12.2. The number of hydrogen-bond donors (Lipinski definition) is 1. The first-order chi connectivity index (χ1) is 13.0. The van der Waals surface area contributed by atoms with Crippen LogP contribution in [0.15, 0.2) is 12.3 Å². The molecule has 0 atom stereocenters. The van der Waals surface area contributed by atoms with Crippen molar-refractivity contribution in [3.05, 3.63) is 17.8 Å². The average Bonchev–Trinajstić information content (AvgIpc) is 3.14. The van der Waals surface area contributed by atoms with Crippen LogP contribution in [-0.4, -0.2) is 96.0 Å². The topological polar surface area (TPSA) is 118 Å². The minimum absolute atomic E-state index is 0.00639. The summed E-state index contributed by atoms with van der Waals surface area (Å²) in [5.74, 6) is -0.204. The van der Waals surface area contributed by atoms with E-state index in [1.807, 2.05) is 0 Å². The largest absolute Gasteiger partial charge is 0.384 e. The number of piperazine rings is 1. The fourth-order valence-electron chi connectivity index (χ4n) is 2.79. The number of nitrogens with one attached hydrogen (secondary N) is 1. The summed E-state index contributed by atoms with van der Waals surface area (Å²) in [7, 11) is -1.77. The number of aromatic nitrogens is 3. The summed E-state index contributed by atoms with van der Waals surface area (Å²) in [5.41, 5.74) is 1.59. The van der Waals surface area contributed by atoms with Gasteiger partial charge in [-0.05, 0) is 6.07 Å². The van der Waals surface area contributed by atoms with Crippen molar-refractivity contribution in [1.82, 2.24) is 28.3 Å². The van der Waals surface area contributed by atoms with Crippen molar-refractivity contribution in [3.63, 3.8) is 0 Å². The lowest BCUT2D eigenvalue weighted by molar-refractivity contribution is 0.0945. The molecule has 2 aromatic rings. The van der Waals surface area contributed by atoms with Gasteiger partial charge in [0.15, 0.2) is 5.65 Å². The van der Waals surface area contributed by atoms with Gasteiger partial charge in [-0.3, -0.25) is 9.69 Å². The Morgan fingerprint density at radius 2 is 2.07 bits per heavy atom. The predicted molar refractivity (Wildman–Crippen MR) is 101 cm³/mol. The number of hydrogen-bond acceptors (Lipinski definition) is 9. The van der Waals surface area contributed by atoms with E-state index in [9.17, 15) is 13.2 Å². The highest BCUT2D eigenvalue weighted by atomic mass is 32.2. The van der Waals surface area contributed by atoms with Crippen LogP contribution >= 0.6 is 11.7 Å². The molecule has 148 valence electrons. The molecule has 12 heteroatoms. The van der Waals surface area contributed by atoms with Gasteiger partial charge in [-0.25, -0.2) is 13.4 Å². The molecule has 27 heavy (non-hydrogen) atoms. The van der Waals surface area contributed by atoms with Gasteiger partial charge in [-0.15, -0.1) is 0 Å². The number of carbonyl (C=O) groups excluding carboxylic acids is 1. The van der Waals surface area contributed by atoms with Crippen LogP contribution in [0.2, 0.25) is 0 Å². The van der Waals surface area contributed by atoms with Crippen molar-refractivity contribution in [1.29, 1.82) is 0 Å². The SMILES string of the molecule is COCCS(=O)(=O)N1CCN(CCNC(=O)c2cnc3nsnc3c2)CC1. The van der Waals surface area contributed by atoms with Crippen molar-refractivity contribution < 1.29 is 17.9 Å². The van der Waals surface area contributed by atoms with Crippen molar-refractivity contribution in [3.8, 4) is 0 Å². The normalized spacial score (nSPS) is 16.6. The molecule has 1 saturated heterocycles. The smallest absolute Gasteiger partial charge is 0.252 e. The highest BCUT2D eigenvalue weighted by Gasteiger charge is 2.26. The number of sulfonamides is 1. The van der Waals surface area contributed by atoms with Crippen LogP contribution in [-0.2, 0) is 14.8 Å². The number of pyridine rings is 1. The molecule has 1 N–H and O–H groups in total. The van der Waals surface area contributed by atoms with Crippen LogP contribution < -0.4 is 5.32 Å². The van der Waals surface area contributed by atoms with E-state index in [0.29, 0.717) is 56.0 Å². The lowest BCUT2D eigenvalue weighted by atomic mass is 10.2. The molecule has 1 aliphatic rings. The van der Waals surface area contributed by atoms with Crippen LogP contribution in [0.4, 0.5) is 0 Å². The van der Waals surface area contributed by atoms with Crippen LogP contribution in [0.25, 0.3) is 11.2 Å². The minimum Gasteiger partial charge on any atom is -0.384 e. The number of rotatable bonds is 8. The standard InChI is InChI=1S/C15H22N6O4S2/c1-25-8-9-27(23,24)21-6-4-20(5-7-21)3-2-16-15(22)12-10-13-14(17-11-12)19-26-18-13/h10-11H,2-9H2,1H3,(H,16,22). The number of ether oxygens (including phenoxy) is 1. The van der Waals surface area contributed by atoms with Gasteiger partial charge in [0, 0.05) is 52.6 Å². The third-order valence-corrected chi connectivity index (χ3v) is 6.73. The van der Waals surface area contributed by atoms with E-state index in [0.717, 1.165) is 11.7 Å². The van der Waals surface area contributed by atoms with Gasteiger partial charge in [-0.1, -0.05) is 0 Å². The lowest BCUT2D eigenvalue weighted by Gasteiger charge is -2.33. The zero-order valence-electron chi connectivity index (χ0n) is 15.0. The second-order valence-corrected chi connectivity index (χ2v) is 8.75. The Kier molecular flexibility index (Phi) is 6.65. The molecule has 1 amide bonds. The number of nitrogens with zero attached hydrogens (tertiary/aromatic N) is 5. The molecule has 0 unspecified atom stereocenters. The Bertz CT molecular complexity index is 879. The zero-order valence-corrected chi connectivity index (χ0v) is 16.6. The third kappa shape index (κ3) is 5.17. The number of fused-ring (bicyclic) bond motifs is 1. The fourth-order valence-corrected chi connectivity index (χ4v) is 4.63. The van der Waals surface area contributed by atoms with Gasteiger partial charge in [0.2, 0.25) is 10.0 Å². The first-order valence-corrected chi connectivity index (χ1v) is 10.9. The summed E-state index contributed by atoms with van der Waals surface area (Å²) in [5, 5.41) is 2.86. The van der Waals surface area contributed by atoms with Gasteiger partial charge >= 0.3 is 0 Å². The second-order valence-electron chi connectivity index (χ2n) is 6.14. The monoisotopic (exact) mass is 414 g/mol. The molecular formula is C15H22N6O4S2. The van der Waals surface area contributed by atoms with E-state index >= 15 is 0 Å². The maximum Gasteiger partial charge on any atom is 0.252 e. The maximum atomic E-state index is 12.2. The molecule has 0 aliphatic carbocycles. The molecule has 2 aromatic heterocycles. The lowest BCUT2D eigenvalue weighted by Crippen LogP contribution is -2.50. The molecule has 0 saturated carbocycles. The Labute approximate surface area is 161 Å². The quantitative estimate of drug-likeness (QED) is 0.609. The summed E-state index contributed by atoms with van der Waals surface area (Å²) in [6.45, 7) is 3.52. The number of methoxy groups -OCH3 is 1. The summed E-state index contributed by atoms with van der Waals surface area (Å²) in [6, 6.07) is 1.67. The zero-order chi connectivity index (χ0) is 19.3. The highest BCUT2D eigenvalue weighted by molar-refractivity contribution is 7.89. The molecule has 1 fully saturated rings. The first kappa shape index (κ1) is 20.0. The van der Waals surface area contributed by atoms with E-state index in [1.165, 1.54) is 17.6 Å². The number of carbonyl (C=O) groups is 1. The van der Waals surface area contributed by atoms with Crippen molar-refractivity contribution >= 4 is 38.8 Å². The fraction of sp³-hybridized carbons (Fsp3) is 0.600. The molecule has 3 heterocycles. The van der Waals surface area contributed by atoms with Gasteiger partial charge in [0.1, 0.15) is 5.52 Å². The van der Waals surface area contributed by atoms with E-state index in [1.54, 1.807) is 6.07 Å². The summed E-state index contributed by atoms with van der Waals surface area (Å²) >= 11 is 1.06. The van der Waals surface area contributed by atoms with Crippen LogP contribution in [0.5, 0.6) is 0 Å². The summed E-state index contributed by atoms with van der Waals surface area (Å²) in [6.07, 6.45) is 1.49. The van der Waals surface area contributed by atoms with E-state index in [4.69, 9.17) is 4.74 Å². The molecule has 0 bridgehead atoms. The van der Waals surface area contributed by atoms with Gasteiger partial charge in [-0.2, -0.15) is 13.1 Å². The summed E-state index contributed by atoms with van der Waals surface area (Å²) < 4.78 is 38.7. The predicted octanol–water partition coefficient (Wildman–Crippen LogP) is -0.590. The molecule has 0 radical (unpaired) electrons. The van der Waals surface area contributed by atoms with E-state index in [2.05, 4.69) is 23.9 Å². The van der Waals surface area contributed by atoms with Crippen LogP contribution in [0.3, 0.4) is 0 Å². The minimum atomic E-state index is -3.26. The average molecular weight is 415 g/mol. The molecule has 0 spiro atoms. The second kappa shape index (κ2) is 8.97. The highest BCUT2D eigenvalue weighted by Crippen LogP contribution is 2.11. The molecule has 10 nitrogen and oxygen atoms in total. The van der Waals surface area contributed by atoms with Crippen molar-refractivity contribution in [2.45, 2.75) is 0 Å². The Hall–Kier alpha value is -1.73. The van der Waals surface area contributed by atoms with Crippen molar-refractivity contribution in [2.24, 2.45) is 0 Å². The number of amides is 1. The van der Waals surface area contributed by atoms with Gasteiger partial charge < -0.3 is 10.1 Å². The van der Waals surface area contributed by atoms with Gasteiger partial charge in [0.25, 0.3) is 5.91 Å². The Morgan fingerprint density at radius 1 is 1.30 bits per heavy atom. The Balaban J connectivity index is 1.41. The molecule has 3 rings (SSSR count). The van der Waals surface area contributed by atoms with E-state index < -0.39 is 10.0 Å². The van der Waals surface area contributed by atoms with Crippen LogP contribution in [0.1, 0.15) is 10.4 Å². The van der Waals surface area contributed by atoms with Crippen LogP contribution in [0, 0.1) is 0 Å². The Morgan fingerprint density at radius 3 is 2.81 bits per heavy atom. The molecular weight excluding hydrogens is 392 g/mol. The summed E-state index contributed by atoms with van der Waals surface area (Å²) in [4.78, 5) is 18.5. The molecule has 0 aromatic carbocycles.